The number of rotatable bonds is 4. The largest absolute Gasteiger partial charge is 0.208 e. The zero-order valence-electron chi connectivity index (χ0n) is 33.3. The van der Waals surface area contributed by atoms with E-state index in [-0.39, 0.29) is 5.41 Å². The highest BCUT2D eigenvalue weighted by atomic mass is 32.2. The monoisotopic (exact) mass is 785 g/mol. The lowest BCUT2D eigenvalue weighted by atomic mass is 9.82. The second kappa shape index (κ2) is 14.6. The van der Waals surface area contributed by atoms with Crippen molar-refractivity contribution in [3.05, 3.63) is 210 Å². The first-order valence-corrected chi connectivity index (χ1v) is 21.2. The Kier molecular flexibility index (Phi) is 8.75. The van der Waals surface area contributed by atoms with E-state index in [4.69, 9.17) is 15.0 Å². The van der Waals surface area contributed by atoms with Gasteiger partial charge in [-0.25, -0.2) is 15.0 Å². The average molecular weight is 786 g/mol. The van der Waals surface area contributed by atoms with Gasteiger partial charge in [0.25, 0.3) is 0 Å². The number of hydrogen-bond donors (Lipinski definition) is 0. The van der Waals surface area contributed by atoms with Gasteiger partial charge in [0.1, 0.15) is 0 Å². The van der Waals surface area contributed by atoms with Crippen molar-refractivity contribution in [2.75, 3.05) is 0 Å². The summed E-state index contributed by atoms with van der Waals surface area (Å²) in [6, 6.07) is 67.2. The predicted molar refractivity (Wildman–Crippen MR) is 249 cm³/mol. The summed E-state index contributed by atoms with van der Waals surface area (Å²) in [5.74, 6) is 1.90. The zero-order chi connectivity index (χ0) is 40.2. The Balaban J connectivity index is 1.15. The van der Waals surface area contributed by atoms with Crippen LogP contribution >= 0.6 is 11.8 Å². The maximum atomic E-state index is 5.25. The number of fused-ring (bicyclic) bond motifs is 9. The minimum absolute atomic E-state index is 0.142. The van der Waals surface area contributed by atoms with Gasteiger partial charge in [-0.15, -0.1) is 0 Å². The third kappa shape index (κ3) is 6.28. The molecule has 2 aliphatic rings. The van der Waals surface area contributed by atoms with Gasteiger partial charge in [-0.2, -0.15) is 0 Å². The molecule has 284 valence electrons. The van der Waals surface area contributed by atoms with Crippen LogP contribution in [-0.4, -0.2) is 15.0 Å². The van der Waals surface area contributed by atoms with E-state index in [1.54, 1.807) is 0 Å². The summed E-state index contributed by atoms with van der Waals surface area (Å²) in [5, 5.41) is 0. The van der Waals surface area contributed by atoms with Gasteiger partial charge in [0.2, 0.25) is 0 Å². The quantitative estimate of drug-likeness (QED) is 0.178. The molecular formula is C56H39N3S. The van der Waals surface area contributed by atoms with E-state index < -0.39 is 0 Å². The molecule has 60 heavy (non-hydrogen) atoms. The molecule has 4 heteroatoms. The summed E-state index contributed by atoms with van der Waals surface area (Å²) in [5.41, 5.74) is 17.3. The Labute approximate surface area is 355 Å². The number of nitrogens with zero attached hydrogens (tertiary/aromatic N) is 3. The summed E-state index contributed by atoms with van der Waals surface area (Å²) in [6.45, 7) is 4.72. The van der Waals surface area contributed by atoms with Crippen molar-refractivity contribution < 1.29 is 0 Å². The van der Waals surface area contributed by atoms with Crippen LogP contribution in [0.3, 0.4) is 0 Å². The second-order valence-corrected chi connectivity index (χ2v) is 17.1. The van der Waals surface area contributed by atoms with Crippen molar-refractivity contribution in [1.82, 2.24) is 15.0 Å². The summed E-state index contributed by atoms with van der Waals surface area (Å²) < 4.78 is 0. The van der Waals surface area contributed by atoms with Gasteiger partial charge in [0.15, 0.2) is 17.5 Å². The number of benzene rings is 8. The first-order chi connectivity index (χ1) is 29.5. The number of aromatic nitrogens is 3. The van der Waals surface area contributed by atoms with Gasteiger partial charge in [-0.05, 0) is 97.1 Å². The van der Waals surface area contributed by atoms with Crippen LogP contribution in [-0.2, 0) is 5.41 Å². The minimum Gasteiger partial charge on any atom is -0.208 e. The Bertz CT molecular complexity index is 3150. The molecule has 9 aromatic rings. The van der Waals surface area contributed by atoms with Crippen molar-refractivity contribution in [3.63, 3.8) is 0 Å². The third-order valence-corrected chi connectivity index (χ3v) is 13.1. The summed E-state index contributed by atoms with van der Waals surface area (Å²) in [7, 11) is 0. The van der Waals surface area contributed by atoms with Crippen LogP contribution in [0.25, 0.3) is 90.8 Å². The smallest absolute Gasteiger partial charge is 0.164 e. The fraction of sp³-hybridized carbons (Fsp3) is 0.0536. The number of hydrogen-bond acceptors (Lipinski definition) is 4. The van der Waals surface area contributed by atoms with E-state index in [1.807, 2.05) is 36.0 Å². The fourth-order valence-electron chi connectivity index (χ4n) is 8.88. The molecule has 1 aromatic heterocycles. The molecule has 0 amide bonds. The molecule has 1 aliphatic heterocycles. The highest BCUT2D eigenvalue weighted by molar-refractivity contribution is 7.99. The van der Waals surface area contributed by atoms with Crippen LogP contribution in [0, 0.1) is 0 Å². The lowest BCUT2D eigenvalue weighted by Crippen LogP contribution is -2.15. The lowest BCUT2D eigenvalue weighted by Gasteiger charge is -2.23. The van der Waals surface area contributed by atoms with Gasteiger partial charge < -0.3 is 0 Å². The fourth-order valence-corrected chi connectivity index (χ4v) is 10.0. The van der Waals surface area contributed by atoms with Crippen molar-refractivity contribution in [1.29, 1.82) is 0 Å². The Morgan fingerprint density at radius 3 is 1.67 bits per heavy atom. The molecule has 3 nitrogen and oxygen atoms in total. The van der Waals surface area contributed by atoms with Gasteiger partial charge in [-0.3, -0.25) is 0 Å². The molecule has 0 N–H and O–H groups in total. The maximum absolute atomic E-state index is 5.25. The highest BCUT2D eigenvalue weighted by Crippen LogP contribution is 2.53. The molecule has 0 bridgehead atoms. The molecule has 1 aliphatic carbocycles. The molecule has 0 atom stereocenters. The van der Waals surface area contributed by atoms with Crippen LogP contribution in [0.5, 0.6) is 0 Å². The highest BCUT2D eigenvalue weighted by Gasteiger charge is 2.36. The molecule has 0 unspecified atom stereocenters. The molecule has 0 saturated carbocycles. The van der Waals surface area contributed by atoms with Crippen molar-refractivity contribution in [2.45, 2.75) is 29.1 Å². The molecule has 11 rings (SSSR count). The Morgan fingerprint density at radius 2 is 0.900 bits per heavy atom. The standard InChI is InChI=1S/C56H39N3S/c1-56(2)49-26-13-11-24-44(49)47-34-48-46-33-42(31-30-38(46)29-28-37-18-9-10-23-43(37)45-25-12-14-27-51(45)60-52(48)35-50(47)56)55-58-53(39-19-7-4-8-20-39)57-54(59-55)41-22-15-21-40(32-41)36-16-5-3-6-17-36/h3-35H,1-2H3/b29-28-. The molecular weight excluding hydrogens is 747 g/mol. The van der Waals surface area contributed by atoms with Crippen molar-refractivity contribution in [2.24, 2.45) is 0 Å². The lowest BCUT2D eigenvalue weighted by molar-refractivity contribution is 0.659. The van der Waals surface area contributed by atoms with Gasteiger partial charge in [0, 0.05) is 31.9 Å². The topological polar surface area (TPSA) is 38.7 Å². The van der Waals surface area contributed by atoms with E-state index in [1.165, 1.54) is 54.3 Å². The van der Waals surface area contributed by atoms with E-state index in [2.05, 4.69) is 190 Å². The summed E-state index contributed by atoms with van der Waals surface area (Å²) in [6.07, 6.45) is 4.54. The summed E-state index contributed by atoms with van der Waals surface area (Å²) >= 11 is 1.85. The zero-order valence-corrected chi connectivity index (χ0v) is 34.1. The van der Waals surface area contributed by atoms with E-state index in [9.17, 15) is 0 Å². The van der Waals surface area contributed by atoms with Crippen molar-refractivity contribution >= 4 is 23.9 Å². The average Bonchev–Trinajstić information content (AvgIpc) is 3.52. The van der Waals surface area contributed by atoms with Crippen LogP contribution in [0.4, 0.5) is 0 Å². The summed E-state index contributed by atoms with van der Waals surface area (Å²) in [4.78, 5) is 18.0. The second-order valence-electron chi connectivity index (χ2n) is 16.0. The third-order valence-electron chi connectivity index (χ3n) is 12.0. The Hall–Kier alpha value is -7.14. The maximum Gasteiger partial charge on any atom is 0.164 e. The van der Waals surface area contributed by atoms with Gasteiger partial charge in [0.05, 0.1) is 0 Å². The first-order valence-electron chi connectivity index (χ1n) is 20.4. The molecule has 0 fully saturated rings. The molecule has 0 spiro atoms. The van der Waals surface area contributed by atoms with Crippen LogP contribution in [0.15, 0.2) is 198 Å². The van der Waals surface area contributed by atoms with Gasteiger partial charge in [-0.1, -0.05) is 195 Å². The predicted octanol–water partition coefficient (Wildman–Crippen LogP) is 14.8. The van der Waals surface area contributed by atoms with Crippen LogP contribution in [0.1, 0.15) is 36.1 Å². The van der Waals surface area contributed by atoms with Gasteiger partial charge >= 0.3 is 0 Å². The Morgan fingerprint density at radius 1 is 0.333 bits per heavy atom. The molecule has 0 saturated heterocycles. The molecule has 0 radical (unpaired) electrons. The van der Waals surface area contributed by atoms with E-state index in [0.29, 0.717) is 17.5 Å². The minimum atomic E-state index is -0.142. The van der Waals surface area contributed by atoms with Crippen LogP contribution < -0.4 is 0 Å². The van der Waals surface area contributed by atoms with E-state index in [0.717, 1.165) is 38.9 Å². The first kappa shape index (κ1) is 36.0. The SMILES string of the molecule is CC1(C)c2ccccc2-c2cc3c(cc21)Sc1ccccc1-c1ccccc1/C=C\c1ccc(-c2nc(-c4ccccc4)nc(-c4cccc(-c5ccccc5)c4)n2)cc1-3. The van der Waals surface area contributed by atoms with Crippen molar-refractivity contribution in [3.8, 4) is 78.7 Å². The van der Waals surface area contributed by atoms with Crippen LogP contribution in [0.2, 0.25) is 0 Å². The normalized spacial score (nSPS) is 13.7. The molecule has 8 aromatic carbocycles. The van der Waals surface area contributed by atoms with E-state index >= 15 is 0 Å². The molecule has 2 heterocycles.